The van der Waals surface area contributed by atoms with Gasteiger partial charge in [0.05, 0.1) is 11.8 Å². The number of carbonyl (C=O) groups excluding carboxylic acids is 1. The third-order valence-electron chi connectivity index (χ3n) is 3.08. The van der Waals surface area contributed by atoms with Gasteiger partial charge in [-0.3, -0.25) is 4.79 Å². The van der Waals surface area contributed by atoms with Crippen molar-refractivity contribution in [3.8, 4) is 0 Å². The van der Waals surface area contributed by atoms with Gasteiger partial charge < -0.3 is 10.6 Å². The van der Waals surface area contributed by atoms with Crippen molar-refractivity contribution >= 4 is 17.4 Å². The molecule has 20 heavy (non-hydrogen) atoms. The molecule has 0 fully saturated rings. The number of hydrogen-bond donors (Lipinski definition) is 1. The van der Waals surface area contributed by atoms with Crippen LogP contribution in [0.5, 0.6) is 0 Å². The molecule has 4 nitrogen and oxygen atoms in total. The molecule has 2 aromatic rings. The van der Waals surface area contributed by atoms with Gasteiger partial charge >= 0.3 is 0 Å². The van der Waals surface area contributed by atoms with Crippen LogP contribution in [-0.4, -0.2) is 17.4 Å². The maximum Gasteiger partial charge on any atom is 0.262 e. The monoisotopic (exact) mass is 273 g/mol. The second kappa shape index (κ2) is 5.69. The van der Waals surface area contributed by atoms with E-state index in [-0.39, 0.29) is 17.3 Å². The number of pyridine rings is 1. The number of hydrogen-bond acceptors (Lipinski definition) is 3. The van der Waals surface area contributed by atoms with Crippen LogP contribution in [0.1, 0.15) is 22.8 Å². The maximum absolute atomic E-state index is 13.3. The van der Waals surface area contributed by atoms with Crippen molar-refractivity contribution < 1.29 is 9.18 Å². The summed E-state index contributed by atoms with van der Waals surface area (Å²) in [7, 11) is 0. The molecule has 1 amide bonds. The summed E-state index contributed by atoms with van der Waals surface area (Å²) in [5.74, 6) is -0.905. The highest BCUT2D eigenvalue weighted by Gasteiger charge is 2.20. The SMILES string of the molecule is CCN(C(=O)c1cc(F)cnc1N)c1ccccc1C. The fourth-order valence-corrected chi connectivity index (χ4v) is 2.06. The molecule has 5 heteroatoms. The number of carbonyl (C=O) groups is 1. The summed E-state index contributed by atoms with van der Waals surface area (Å²) in [6, 6.07) is 8.63. The van der Waals surface area contributed by atoms with Crippen molar-refractivity contribution in [2.24, 2.45) is 0 Å². The van der Waals surface area contributed by atoms with Crippen molar-refractivity contribution in [3.63, 3.8) is 0 Å². The number of anilines is 2. The second-order valence-electron chi connectivity index (χ2n) is 4.42. The number of para-hydroxylation sites is 1. The number of nitrogens with zero attached hydrogens (tertiary/aromatic N) is 2. The van der Waals surface area contributed by atoms with Crippen molar-refractivity contribution in [1.82, 2.24) is 4.98 Å². The normalized spacial score (nSPS) is 10.3. The summed E-state index contributed by atoms with van der Waals surface area (Å²) in [5, 5.41) is 0. The van der Waals surface area contributed by atoms with Gasteiger partial charge in [-0.1, -0.05) is 18.2 Å². The van der Waals surface area contributed by atoms with Crippen LogP contribution in [0.2, 0.25) is 0 Å². The molecule has 2 N–H and O–H groups in total. The lowest BCUT2D eigenvalue weighted by Gasteiger charge is -2.23. The molecule has 1 aromatic carbocycles. The Hall–Kier alpha value is -2.43. The zero-order valence-electron chi connectivity index (χ0n) is 11.4. The number of aromatic nitrogens is 1. The number of aryl methyl sites for hydroxylation is 1. The average molecular weight is 273 g/mol. The molecule has 0 unspecified atom stereocenters. The molecule has 0 bridgehead atoms. The van der Waals surface area contributed by atoms with Crippen LogP contribution in [0.4, 0.5) is 15.9 Å². The minimum atomic E-state index is -0.580. The van der Waals surface area contributed by atoms with Crippen LogP contribution >= 0.6 is 0 Å². The summed E-state index contributed by atoms with van der Waals surface area (Å²) in [6.07, 6.45) is 0.996. The van der Waals surface area contributed by atoms with Crippen molar-refractivity contribution in [2.75, 3.05) is 17.2 Å². The Morgan fingerprint density at radius 1 is 1.40 bits per heavy atom. The van der Waals surface area contributed by atoms with E-state index in [9.17, 15) is 9.18 Å². The molecular formula is C15H16FN3O. The van der Waals surface area contributed by atoms with Crippen molar-refractivity contribution in [2.45, 2.75) is 13.8 Å². The highest BCUT2D eigenvalue weighted by atomic mass is 19.1. The fourth-order valence-electron chi connectivity index (χ4n) is 2.06. The van der Waals surface area contributed by atoms with Gasteiger partial charge in [-0.05, 0) is 31.5 Å². The summed E-state index contributed by atoms with van der Waals surface area (Å²) < 4.78 is 13.3. The summed E-state index contributed by atoms with van der Waals surface area (Å²) in [5.41, 5.74) is 7.50. The van der Waals surface area contributed by atoms with Gasteiger partial charge in [0, 0.05) is 12.2 Å². The Kier molecular flexibility index (Phi) is 3.98. The number of halogens is 1. The van der Waals surface area contributed by atoms with Crippen LogP contribution in [0, 0.1) is 12.7 Å². The second-order valence-corrected chi connectivity index (χ2v) is 4.42. The van der Waals surface area contributed by atoms with E-state index in [0.29, 0.717) is 6.54 Å². The molecule has 1 aromatic heterocycles. The first kappa shape index (κ1) is 14.0. The third kappa shape index (κ3) is 2.61. The number of rotatable bonds is 3. The summed E-state index contributed by atoms with van der Waals surface area (Å²) >= 11 is 0. The van der Waals surface area contributed by atoms with Gasteiger partial charge in [0.2, 0.25) is 0 Å². The number of nitrogen functional groups attached to an aromatic ring is 1. The van der Waals surface area contributed by atoms with E-state index in [1.54, 1.807) is 4.90 Å². The van der Waals surface area contributed by atoms with E-state index < -0.39 is 5.82 Å². The topological polar surface area (TPSA) is 59.2 Å². The highest BCUT2D eigenvalue weighted by Crippen LogP contribution is 2.23. The van der Waals surface area contributed by atoms with Gasteiger partial charge in [0.1, 0.15) is 11.6 Å². The van der Waals surface area contributed by atoms with E-state index in [0.717, 1.165) is 23.5 Å². The molecule has 0 radical (unpaired) electrons. The number of amides is 1. The van der Waals surface area contributed by atoms with E-state index in [1.165, 1.54) is 0 Å². The minimum absolute atomic E-state index is 0.0310. The average Bonchev–Trinajstić information content (AvgIpc) is 2.44. The van der Waals surface area contributed by atoms with Crippen LogP contribution in [0.3, 0.4) is 0 Å². The Labute approximate surface area is 117 Å². The lowest BCUT2D eigenvalue weighted by Crippen LogP contribution is -2.32. The number of benzene rings is 1. The van der Waals surface area contributed by atoms with Crippen molar-refractivity contribution in [1.29, 1.82) is 0 Å². The molecule has 0 saturated carbocycles. The van der Waals surface area contributed by atoms with Crippen LogP contribution in [0.15, 0.2) is 36.5 Å². The zero-order valence-corrected chi connectivity index (χ0v) is 11.4. The first-order valence-corrected chi connectivity index (χ1v) is 6.33. The summed E-state index contributed by atoms with van der Waals surface area (Å²) in [6.45, 7) is 4.23. The Morgan fingerprint density at radius 3 is 2.75 bits per heavy atom. The molecule has 0 aliphatic rings. The van der Waals surface area contributed by atoms with Gasteiger partial charge in [0.15, 0.2) is 0 Å². The molecular weight excluding hydrogens is 257 g/mol. The molecule has 0 aliphatic carbocycles. The summed E-state index contributed by atoms with van der Waals surface area (Å²) in [4.78, 5) is 17.8. The van der Waals surface area contributed by atoms with E-state index in [4.69, 9.17) is 5.73 Å². The molecule has 0 spiro atoms. The Morgan fingerprint density at radius 2 is 2.10 bits per heavy atom. The molecule has 104 valence electrons. The van der Waals surface area contributed by atoms with E-state index in [1.807, 2.05) is 38.1 Å². The van der Waals surface area contributed by atoms with Gasteiger partial charge in [-0.15, -0.1) is 0 Å². The molecule has 0 saturated heterocycles. The first-order chi connectivity index (χ1) is 9.54. The van der Waals surface area contributed by atoms with Gasteiger partial charge in [0.25, 0.3) is 5.91 Å². The first-order valence-electron chi connectivity index (χ1n) is 6.33. The smallest absolute Gasteiger partial charge is 0.262 e. The van der Waals surface area contributed by atoms with Crippen LogP contribution in [0.25, 0.3) is 0 Å². The molecule has 2 rings (SSSR count). The van der Waals surface area contributed by atoms with Crippen LogP contribution < -0.4 is 10.6 Å². The Balaban J connectivity index is 2.45. The largest absolute Gasteiger partial charge is 0.383 e. The third-order valence-corrected chi connectivity index (χ3v) is 3.08. The Bertz CT molecular complexity index is 643. The predicted octanol–water partition coefficient (Wildman–Crippen LogP) is 2.78. The standard InChI is InChI=1S/C15H16FN3O/c1-3-19(13-7-5-4-6-10(13)2)15(20)12-8-11(16)9-18-14(12)17/h4-9H,3H2,1-2H3,(H2,17,18). The van der Waals surface area contributed by atoms with E-state index in [2.05, 4.69) is 4.98 Å². The van der Waals surface area contributed by atoms with Crippen molar-refractivity contribution in [3.05, 3.63) is 53.5 Å². The van der Waals surface area contributed by atoms with Gasteiger partial charge in [-0.25, -0.2) is 9.37 Å². The lowest BCUT2D eigenvalue weighted by molar-refractivity contribution is 0.0988. The minimum Gasteiger partial charge on any atom is -0.383 e. The lowest BCUT2D eigenvalue weighted by atomic mass is 10.1. The predicted molar refractivity (Wildman–Crippen MR) is 77.1 cm³/mol. The fraction of sp³-hybridized carbons (Fsp3) is 0.200. The zero-order chi connectivity index (χ0) is 14.7. The maximum atomic E-state index is 13.3. The number of nitrogens with two attached hydrogens (primary N) is 1. The molecule has 1 heterocycles. The highest BCUT2D eigenvalue weighted by molar-refractivity contribution is 6.09. The van der Waals surface area contributed by atoms with E-state index >= 15 is 0 Å². The van der Waals surface area contributed by atoms with Gasteiger partial charge in [-0.2, -0.15) is 0 Å². The molecule has 0 aliphatic heterocycles. The van der Waals surface area contributed by atoms with Crippen LogP contribution in [-0.2, 0) is 0 Å². The molecule has 0 atom stereocenters. The quantitative estimate of drug-likeness (QED) is 0.935.